The lowest BCUT2D eigenvalue weighted by Crippen LogP contribution is -2.42. The highest BCUT2D eigenvalue weighted by Gasteiger charge is 2.28. The predicted octanol–water partition coefficient (Wildman–Crippen LogP) is 7.06. The van der Waals surface area contributed by atoms with Crippen molar-refractivity contribution in [1.29, 1.82) is 0 Å². The normalized spacial score (nSPS) is 14.1. The average molecular weight is 580 g/mol. The molecule has 1 unspecified atom stereocenters. The Balaban J connectivity index is 0.00000172. The van der Waals surface area contributed by atoms with Gasteiger partial charge in [-0.25, -0.2) is 9.99 Å². The molecule has 0 saturated heterocycles. The average Bonchev–Trinajstić information content (AvgIpc) is 2.90. The predicted molar refractivity (Wildman–Crippen MR) is 165 cm³/mol. The highest BCUT2D eigenvalue weighted by Crippen LogP contribution is 2.30. The highest BCUT2D eigenvalue weighted by molar-refractivity contribution is 7.80. The molecule has 1 aromatic heterocycles. The van der Waals surface area contributed by atoms with Gasteiger partial charge in [-0.2, -0.15) is 5.10 Å². The summed E-state index contributed by atoms with van der Waals surface area (Å²) in [6.07, 6.45) is 6.67. The molecular weight excluding hydrogens is 543 g/mol. The number of rotatable bonds is 7. The Labute approximate surface area is 241 Å². The van der Waals surface area contributed by atoms with Gasteiger partial charge < -0.3 is 15.5 Å². The Kier molecular flexibility index (Phi) is 14.6. The van der Waals surface area contributed by atoms with Crippen molar-refractivity contribution in [3.05, 3.63) is 63.8 Å². The first kappa shape index (κ1) is 33.0. The van der Waals surface area contributed by atoms with E-state index in [9.17, 15) is 4.79 Å². The number of thiocarbonyl (C=S) groups is 1. The summed E-state index contributed by atoms with van der Waals surface area (Å²) in [6, 6.07) is 6.23. The quantitative estimate of drug-likeness (QED) is 0.207. The number of nitrogens with one attached hydrogen (secondary N) is 2. The van der Waals surface area contributed by atoms with Gasteiger partial charge in [-0.3, -0.25) is 4.79 Å². The second-order valence-electron chi connectivity index (χ2n) is 7.66. The van der Waals surface area contributed by atoms with E-state index in [1.807, 2.05) is 54.5 Å². The zero-order valence-electron chi connectivity index (χ0n) is 23.0. The SMILES string of the molecule is CC.CC.CO/N=C/C1=NN(c2ncccc2Cl)C(C(=S)Nc2c(C)cc(Cl)cc2C(=O)NC(C)C)C=C1. The maximum Gasteiger partial charge on any atom is 0.253 e. The van der Waals surface area contributed by atoms with E-state index in [-0.39, 0.29) is 11.9 Å². The van der Waals surface area contributed by atoms with Crippen LogP contribution in [0.1, 0.15) is 57.5 Å². The third-order valence-corrected chi connectivity index (χ3v) is 5.52. The van der Waals surface area contributed by atoms with Gasteiger partial charge in [-0.1, -0.05) is 74.3 Å². The summed E-state index contributed by atoms with van der Waals surface area (Å²) < 4.78 is 0. The first-order valence-corrected chi connectivity index (χ1v) is 13.5. The number of carbonyl (C=O) groups excluding carboxylic acids is 1. The van der Waals surface area contributed by atoms with Gasteiger partial charge in [0, 0.05) is 17.3 Å². The van der Waals surface area contributed by atoms with E-state index in [2.05, 4.69) is 25.9 Å². The van der Waals surface area contributed by atoms with Crippen LogP contribution in [0.25, 0.3) is 0 Å². The van der Waals surface area contributed by atoms with Crippen molar-refractivity contribution < 1.29 is 9.63 Å². The molecular formula is C27H36Cl2N6O2S. The van der Waals surface area contributed by atoms with Gasteiger partial charge in [0.15, 0.2) is 5.82 Å². The van der Waals surface area contributed by atoms with Crippen molar-refractivity contribution in [3.63, 3.8) is 0 Å². The Hall–Kier alpha value is -3.01. The second kappa shape index (κ2) is 16.8. The van der Waals surface area contributed by atoms with Crippen LogP contribution in [0.3, 0.4) is 0 Å². The lowest BCUT2D eigenvalue weighted by atomic mass is 10.1. The van der Waals surface area contributed by atoms with E-state index >= 15 is 0 Å². The highest BCUT2D eigenvalue weighted by atomic mass is 35.5. The Morgan fingerprint density at radius 2 is 1.92 bits per heavy atom. The fourth-order valence-electron chi connectivity index (χ4n) is 3.22. The summed E-state index contributed by atoms with van der Waals surface area (Å²) in [6.45, 7) is 13.6. The molecule has 0 radical (unpaired) electrons. The number of benzene rings is 1. The van der Waals surface area contributed by atoms with E-state index < -0.39 is 6.04 Å². The molecule has 38 heavy (non-hydrogen) atoms. The monoisotopic (exact) mass is 578 g/mol. The minimum absolute atomic E-state index is 0.0452. The number of hydrogen-bond donors (Lipinski definition) is 2. The molecule has 2 N–H and O–H groups in total. The van der Waals surface area contributed by atoms with Crippen molar-refractivity contribution in [2.75, 3.05) is 17.4 Å². The molecule has 2 aromatic rings. The van der Waals surface area contributed by atoms with Crippen LogP contribution >= 0.6 is 35.4 Å². The topological polar surface area (TPSA) is 91.2 Å². The van der Waals surface area contributed by atoms with E-state index in [1.165, 1.54) is 13.3 Å². The van der Waals surface area contributed by atoms with Crippen molar-refractivity contribution in [1.82, 2.24) is 10.3 Å². The number of hydrogen-bond acceptors (Lipinski definition) is 7. The lowest BCUT2D eigenvalue weighted by molar-refractivity contribution is 0.0944. The fraction of sp³-hybridized carbons (Fsp3) is 0.370. The van der Waals surface area contributed by atoms with E-state index in [0.29, 0.717) is 37.8 Å². The van der Waals surface area contributed by atoms with Crippen molar-refractivity contribution in [2.24, 2.45) is 10.3 Å². The van der Waals surface area contributed by atoms with Gasteiger partial charge >= 0.3 is 0 Å². The number of allylic oxidation sites excluding steroid dienone is 1. The number of carbonyl (C=O) groups is 1. The van der Waals surface area contributed by atoms with E-state index in [4.69, 9.17) is 40.3 Å². The van der Waals surface area contributed by atoms with Gasteiger partial charge in [0.2, 0.25) is 0 Å². The van der Waals surface area contributed by atoms with Gasteiger partial charge in [-0.15, -0.1) is 0 Å². The maximum absolute atomic E-state index is 12.9. The first-order chi connectivity index (χ1) is 18.2. The first-order valence-electron chi connectivity index (χ1n) is 12.4. The third-order valence-electron chi connectivity index (χ3n) is 4.66. The van der Waals surface area contributed by atoms with Crippen LogP contribution in [0.5, 0.6) is 0 Å². The van der Waals surface area contributed by atoms with Crippen molar-refractivity contribution in [2.45, 2.75) is 60.5 Å². The van der Waals surface area contributed by atoms with Crippen LogP contribution in [0.4, 0.5) is 11.5 Å². The minimum atomic E-state index is -0.543. The third kappa shape index (κ3) is 9.08. The van der Waals surface area contributed by atoms with Crippen molar-refractivity contribution in [3.8, 4) is 0 Å². The smallest absolute Gasteiger partial charge is 0.253 e. The summed E-state index contributed by atoms with van der Waals surface area (Å²) in [5.74, 6) is 0.155. The number of oxime groups is 1. The van der Waals surface area contributed by atoms with Crippen LogP contribution in [0.15, 0.2) is 52.9 Å². The number of hydrazone groups is 1. The number of anilines is 2. The Morgan fingerprint density at radius 1 is 1.24 bits per heavy atom. The summed E-state index contributed by atoms with van der Waals surface area (Å²) in [4.78, 5) is 22.4. The number of pyridine rings is 1. The van der Waals surface area contributed by atoms with Gasteiger partial charge in [0.1, 0.15) is 23.9 Å². The van der Waals surface area contributed by atoms with Crippen LogP contribution in [0.2, 0.25) is 10.0 Å². The molecule has 11 heteroatoms. The second-order valence-corrected chi connectivity index (χ2v) is 8.95. The molecule has 1 aliphatic heterocycles. The molecule has 1 amide bonds. The summed E-state index contributed by atoms with van der Waals surface area (Å²) >= 11 is 18.4. The zero-order chi connectivity index (χ0) is 28.8. The van der Waals surface area contributed by atoms with E-state index in [1.54, 1.807) is 41.5 Å². The number of aryl methyl sites for hydroxylation is 1. The van der Waals surface area contributed by atoms with Gasteiger partial charge in [0.25, 0.3) is 5.91 Å². The maximum atomic E-state index is 12.9. The Bertz CT molecular complexity index is 1180. The van der Waals surface area contributed by atoms with Gasteiger partial charge in [-0.05, 0) is 56.7 Å². The van der Waals surface area contributed by atoms with Crippen LogP contribution in [0, 0.1) is 6.92 Å². The molecule has 206 valence electrons. The van der Waals surface area contributed by atoms with Crippen LogP contribution < -0.4 is 15.6 Å². The summed E-state index contributed by atoms with van der Waals surface area (Å²) in [5.41, 5.74) is 2.23. The largest absolute Gasteiger partial charge is 0.399 e. The van der Waals surface area contributed by atoms with E-state index in [0.717, 1.165) is 5.56 Å². The van der Waals surface area contributed by atoms with Crippen LogP contribution in [-0.2, 0) is 4.84 Å². The molecule has 0 bridgehead atoms. The van der Waals surface area contributed by atoms with Crippen LogP contribution in [-0.4, -0.2) is 47.0 Å². The number of aromatic nitrogens is 1. The molecule has 2 heterocycles. The molecule has 1 atom stereocenters. The number of halogens is 2. The summed E-state index contributed by atoms with van der Waals surface area (Å²) in [5, 5.41) is 16.9. The van der Waals surface area contributed by atoms with Crippen molar-refractivity contribution >= 4 is 69.7 Å². The minimum Gasteiger partial charge on any atom is -0.399 e. The number of amides is 1. The standard InChI is InChI=1S/C23H24Cl2N6O2S.2C2H6/c1-13(2)28-22(32)17-11-15(24)10-14(3)20(17)29-23(34)19-8-7-16(12-27-33-4)30-31(19)21-18(25)6-5-9-26-21;2*1-2/h5-13,19H,1-4H3,(H,28,32)(H,29,34);2*1-2H3/b27-12+;;. The Morgan fingerprint density at radius 3 is 2.53 bits per heavy atom. The summed E-state index contributed by atoms with van der Waals surface area (Å²) in [7, 11) is 1.44. The molecule has 0 fully saturated rings. The molecule has 1 aliphatic rings. The molecule has 0 aliphatic carbocycles. The fourth-order valence-corrected chi connectivity index (χ4v) is 3.98. The lowest BCUT2D eigenvalue weighted by Gasteiger charge is -2.30. The molecule has 0 spiro atoms. The molecule has 3 rings (SSSR count). The number of nitrogens with zero attached hydrogens (tertiary/aromatic N) is 4. The van der Waals surface area contributed by atoms with Gasteiger partial charge in [0.05, 0.1) is 22.5 Å². The molecule has 0 saturated carbocycles. The molecule has 1 aromatic carbocycles. The zero-order valence-corrected chi connectivity index (χ0v) is 25.4. The molecule has 8 nitrogen and oxygen atoms in total.